The molecule has 0 saturated carbocycles. The van der Waals surface area contributed by atoms with Gasteiger partial charge in [-0.05, 0) is 32.1 Å². The van der Waals surface area contributed by atoms with Crippen LogP contribution in [0.25, 0.3) is 0 Å². The van der Waals surface area contributed by atoms with Gasteiger partial charge in [0.05, 0.1) is 6.10 Å². The number of aromatic nitrogens is 2. The molecule has 19 heavy (non-hydrogen) atoms. The molecule has 0 aromatic carbocycles. The highest BCUT2D eigenvalue weighted by Gasteiger charge is 2.29. The second kappa shape index (κ2) is 5.84. The summed E-state index contributed by atoms with van der Waals surface area (Å²) in [6, 6.07) is 0. The molecule has 5 nitrogen and oxygen atoms in total. The minimum Gasteiger partial charge on any atom is -0.366 e. The fraction of sp³-hybridized carbons (Fsp3) is 0.714. The zero-order chi connectivity index (χ0) is 13.1. The van der Waals surface area contributed by atoms with Crippen LogP contribution in [0.2, 0.25) is 0 Å². The molecular weight excluding hydrogens is 242 g/mol. The van der Waals surface area contributed by atoms with Crippen LogP contribution in [-0.2, 0) is 11.3 Å². The van der Waals surface area contributed by atoms with E-state index in [1.807, 2.05) is 6.92 Å². The summed E-state index contributed by atoms with van der Waals surface area (Å²) >= 11 is 0. The van der Waals surface area contributed by atoms with E-state index in [9.17, 15) is 0 Å². The zero-order valence-corrected chi connectivity index (χ0v) is 11.4. The molecule has 1 fully saturated rings. The number of nitrogens with zero attached hydrogens (tertiary/aromatic N) is 3. The Morgan fingerprint density at radius 2 is 2.32 bits per heavy atom. The van der Waals surface area contributed by atoms with E-state index in [2.05, 4.69) is 27.2 Å². The normalized spacial score (nSPS) is 24.6. The van der Waals surface area contributed by atoms with Crippen LogP contribution in [0.15, 0.2) is 16.7 Å². The lowest BCUT2D eigenvalue weighted by atomic mass is 9.93. The fourth-order valence-corrected chi connectivity index (χ4v) is 2.75. The second-order valence-corrected chi connectivity index (χ2v) is 5.54. The van der Waals surface area contributed by atoms with Crippen LogP contribution < -0.4 is 0 Å². The average Bonchev–Trinajstić information content (AvgIpc) is 2.79. The third kappa shape index (κ3) is 3.42. The van der Waals surface area contributed by atoms with Gasteiger partial charge in [0.15, 0.2) is 5.82 Å². The van der Waals surface area contributed by atoms with Crippen LogP contribution in [0.4, 0.5) is 0 Å². The van der Waals surface area contributed by atoms with Crippen molar-refractivity contribution < 1.29 is 9.26 Å². The van der Waals surface area contributed by atoms with Gasteiger partial charge in [0.2, 0.25) is 0 Å². The van der Waals surface area contributed by atoms with Crippen molar-refractivity contribution in [3.05, 3.63) is 23.9 Å². The third-order valence-electron chi connectivity index (χ3n) is 3.83. The standard InChI is InChI=1S/C14H21N3O2/c1-11-15-14(19-16-11)10-18-13-8-17(9-13)7-12-5-3-2-4-6-12/h2-3,12-13H,4-10H2,1H3. The van der Waals surface area contributed by atoms with Gasteiger partial charge in [0.25, 0.3) is 5.89 Å². The molecule has 5 heteroatoms. The van der Waals surface area contributed by atoms with Crippen LogP contribution in [0.5, 0.6) is 0 Å². The minimum absolute atomic E-state index is 0.325. The Labute approximate surface area is 113 Å². The van der Waals surface area contributed by atoms with Crippen molar-refractivity contribution in [2.24, 2.45) is 5.92 Å². The molecule has 1 atom stereocenters. The van der Waals surface area contributed by atoms with Crippen molar-refractivity contribution in [2.45, 2.75) is 38.9 Å². The van der Waals surface area contributed by atoms with Gasteiger partial charge in [-0.3, -0.25) is 4.90 Å². The van der Waals surface area contributed by atoms with Crippen molar-refractivity contribution in [3.8, 4) is 0 Å². The molecule has 1 aliphatic carbocycles. The van der Waals surface area contributed by atoms with Crippen molar-refractivity contribution in [1.82, 2.24) is 15.0 Å². The predicted octanol–water partition coefficient (Wildman–Crippen LogP) is 1.94. The van der Waals surface area contributed by atoms with Crippen LogP contribution in [0.1, 0.15) is 31.0 Å². The highest BCUT2D eigenvalue weighted by atomic mass is 16.5. The quantitative estimate of drug-likeness (QED) is 0.760. The maximum absolute atomic E-state index is 5.74. The largest absolute Gasteiger partial charge is 0.366 e. The average molecular weight is 263 g/mol. The number of hydrogen-bond donors (Lipinski definition) is 0. The molecule has 2 heterocycles. The molecule has 1 aromatic heterocycles. The summed E-state index contributed by atoms with van der Waals surface area (Å²) in [5.41, 5.74) is 0. The maximum Gasteiger partial charge on any atom is 0.252 e. The van der Waals surface area contributed by atoms with Gasteiger partial charge in [-0.1, -0.05) is 17.3 Å². The monoisotopic (exact) mass is 263 g/mol. The number of rotatable bonds is 5. The van der Waals surface area contributed by atoms with E-state index in [0.29, 0.717) is 24.4 Å². The van der Waals surface area contributed by atoms with E-state index >= 15 is 0 Å². The Bertz CT molecular complexity index is 438. The van der Waals surface area contributed by atoms with E-state index in [-0.39, 0.29) is 0 Å². The molecule has 0 N–H and O–H groups in total. The first-order chi connectivity index (χ1) is 9.29. The molecule has 104 valence electrons. The number of aryl methyl sites for hydroxylation is 1. The number of hydrogen-bond acceptors (Lipinski definition) is 5. The van der Waals surface area contributed by atoms with Gasteiger partial charge in [-0.2, -0.15) is 4.98 Å². The SMILES string of the molecule is Cc1noc(COC2CN(CC3CC=CCC3)C2)n1. The van der Waals surface area contributed by atoms with Gasteiger partial charge < -0.3 is 9.26 Å². The van der Waals surface area contributed by atoms with Crippen molar-refractivity contribution in [1.29, 1.82) is 0 Å². The molecule has 0 bridgehead atoms. The summed E-state index contributed by atoms with van der Waals surface area (Å²) in [6.07, 6.45) is 8.76. The minimum atomic E-state index is 0.325. The predicted molar refractivity (Wildman–Crippen MR) is 70.5 cm³/mol. The van der Waals surface area contributed by atoms with E-state index in [0.717, 1.165) is 19.0 Å². The van der Waals surface area contributed by atoms with Crippen LogP contribution in [0.3, 0.4) is 0 Å². The Morgan fingerprint density at radius 1 is 1.42 bits per heavy atom. The number of likely N-dealkylation sites (tertiary alicyclic amines) is 1. The van der Waals surface area contributed by atoms with Gasteiger partial charge in [-0.15, -0.1) is 0 Å². The third-order valence-corrected chi connectivity index (χ3v) is 3.83. The fourth-order valence-electron chi connectivity index (χ4n) is 2.75. The number of ether oxygens (including phenoxy) is 1. The van der Waals surface area contributed by atoms with E-state index in [1.54, 1.807) is 0 Å². The molecule has 0 amide bonds. The second-order valence-electron chi connectivity index (χ2n) is 5.54. The topological polar surface area (TPSA) is 51.4 Å². The molecule has 0 radical (unpaired) electrons. The highest BCUT2D eigenvalue weighted by molar-refractivity contribution is 4.92. The van der Waals surface area contributed by atoms with Crippen molar-refractivity contribution in [2.75, 3.05) is 19.6 Å². The maximum atomic E-state index is 5.74. The van der Waals surface area contributed by atoms with E-state index < -0.39 is 0 Å². The summed E-state index contributed by atoms with van der Waals surface area (Å²) in [5, 5.41) is 3.75. The zero-order valence-electron chi connectivity index (χ0n) is 11.4. The summed E-state index contributed by atoms with van der Waals surface area (Å²) < 4.78 is 10.8. The first kappa shape index (κ1) is 12.8. The lowest BCUT2D eigenvalue weighted by Crippen LogP contribution is -2.53. The first-order valence-corrected chi connectivity index (χ1v) is 7.08. The highest BCUT2D eigenvalue weighted by Crippen LogP contribution is 2.22. The van der Waals surface area contributed by atoms with Gasteiger partial charge in [-0.25, -0.2) is 0 Å². The molecule has 1 saturated heterocycles. The van der Waals surface area contributed by atoms with Crippen LogP contribution in [0, 0.1) is 12.8 Å². The lowest BCUT2D eigenvalue weighted by molar-refractivity contribution is -0.0736. The molecular formula is C14H21N3O2. The Hall–Kier alpha value is -1.20. The van der Waals surface area contributed by atoms with Gasteiger partial charge >= 0.3 is 0 Å². The Balaban J connectivity index is 1.33. The summed E-state index contributed by atoms with van der Waals surface area (Å²) in [4.78, 5) is 6.61. The first-order valence-electron chi connectivity index (χ1n) is 7.08. The Morgan fingerprint density at radius 3 is 3.00 bits per heavy atom. The Kier molecular flexibility index (Phi) is 3.94. The smallest absolute Gasteiger partial charge is 0.252 e. The van der Waals surface area contributed by atoms with E-state index in [1.165, 1.54) is 25.8 Å². The number of allylic oxidation sites excluding steroid dienone is 2. The molecule has 3 rings (SSSR count). The van der Waals surface area contributed by atoms with E-state index in [4.69, 9.17) is 9.26 Å². The molecule has 1 unspecified atom stereocenters. The van der Waals surface area contributed by atoms with Gasteiger partial charge in [0.1, 0.15) is 6.61 Å². The molecule has 2 aliphatic rings. The summed E-state index contributed by atoms with van der Waals surface area (Å²) in [6.45, 7) is 5.53. The summed E-state index contributed by atoms with van der Waals surface area (Å²) in [5.74, 6) is 2.08. The van der Waals surface area contributed by atoms with Gasteiger partial charge in [0, 0.05) is 19.6 Å². The molecule has 1 aromatic rings. The van der Waals surface area contributed by atoms with Crippen LogP contribution >= 0.6 is 0 Å². The van der Waals surface area contributed by atoms with Crippen molar-refractivity contribution >= 4 is 0 Å². The summed E-state index contributed by atoms with van der Waals surface area (Å²) in [7, 11) is 0. The van der Waals surface area contributed by atoms with Crippen molar-refractivity contribution in [3.63, 3.8) is 0 Å². The lowest BCUT2D eigenvalue weighted by Gasteiger charge is -2.40. The van der Waals surface area contributed by atoms with Crippen LogP contribution in [-0.4, -0.2) is 40.8 Å². The molecule has 0 spiro atoms. The molecule has 1 aliphatic heterocycles.